The number of hydrogen-bond acceptors (Lipinski definition) is 7. The molecule has 0 radical (unpaired) electrons. The number of rotatable bonds is 8. The summed E-state index contributed by atoms with van der Waals surface area (Å²) in [6.07, 6.45) is 10.2. The third-order valence-electron chi connectivity index (χ3n) is 4.96. The van der Waals surface area contributed by atoms with Crippen molar-refractivity contribution in [1.82, 2.24) is 20.3 Å². The van der Waals surface area contributed by atoms with Crippen LogP contribution in [0, 0.1) is 5.92 Å². The van der Waals surface area contributed by atoms with E-state index in [2.05, 4.69) is 41.0 Å². The number of aromatic nitrogens is 3. The van der Waals surface area contributed by atoms with E-state index in [-0.39, 0.29) is 17.9 Å². The van der Waals surface area contributed by atoms with E-state index in [4.69, 9.17) is 4.74 Å². The Bertz CT molecular complexity index is 723. The van der Waals surface area contributed by atoms with Gasteiger partial charge in [0, 0.05) is 36.1 Å². The van der Waals surface area contributed by atoms with E-state index in [0.29, 0.717) is 18.9 Å². The number of carbonyl (C=O) groups is 1. The average Bonchev–Trinajstić information content (AvgIpc) is 3.30. The van der Waals surface area contributed by atoms with Crippen LogP contribution in [0.25, 0.3) is 0 Å². The molecule has 0 saturated carbocycles. The van der Waals surface area contributed by atoms with Gasteiger partial charge in [-0.3, -0.25) is 20.1 Å². The van der Waals surface area contributed by atoms with Gasteiger partial charge in [0.2, 0.25) is 0 Å². The van der Waals surface area contributed by atoms with Crippen molar-refractivity contribution in [3.8, 4) is 0 Å². The summed E-state index contributed by atoms with van der Waals surface area (Å²) >= 11 is 1.60. The lowest BCUT2D eigenvalue weighted by molar-refractivity contribution is -0.152. The first kappa shape index (κ1) is 19.9. The second-order valence-corrected chi connectivity index (χ2v) is 8.53. The van der Waals surface area contributed by atoms with Gasteiger partial charge in [0.15, 0.2) is 0 Å². The van der Waals surface area contributed by atoms with Gasteiger partial charge in [-0.2, -0.15) is 0 Å². The van der Waals surface area contributed by atoms with Crippen LogP contribution in [0.1, 0.15) is 69.1 Å². The fraction of sp³-hybridized carbons (Fsp3) is 0.600. The molecule has 3 rings (SSSR count). The summed E-state index contributed by atoms with van der Waals surface area (Å²) < 4.78 is 5.67. The molecule has 1 aliphatic rings. The Morgan fingerprint density at radius 3 is 2.85 bits per heavy atom. The van der Waals surface area contributed by atoms with Crippen molar-refractivity contribution < 1.29 is 9.53 Å². The Morgan fingerprint density at radius 2 is 2.22 bits per heavy atom. The minimum absolute atomic E-state index is 0.0299. The van der Waals surface area contributed by atoms with E-state index in [9.17, 15) is 4.79 Å². The SMILES string of the molecule is CCCCOC(=O)C1(CC(C)C)C[C@H](c2cnccn2)[C@H](c2nccs2)N1. The minimum Gasteiger partial charge on any atom is -0.464 e. The molecule has 1 fully saturated rings. The standard InChI is InChI=1S/C20H28N4O2S/c1-4-5-9-26-19(25)20(11-14(2)3)12-15(16-13-21-6-7-22-16)17(24-20)18-23-8-10-27-18/h6-8,10,13-15,17,24H,4-5,9,11-12H2,1-3H3/t15-,17-,20?/m1/s1. The summed E-state index contributed by atoms with van der Waals surface area (Å²) in [5, 5.41) is 6.55. The third-order valence-corrected chi connectivity index (χ3v) is 5.82. The zero-order valence-electron chi connectivity index (χ0n) is 16.2. The monoisotopic (exact) mass is 388 g/mol. The highest BCUT2D eigenvalue weighted by atomic mass is 32.1. The molecular weight excluding hydrogens is 360 g/mol. The lowest BCUT2D eigenvalue weighted by atomic mass is 9.83. The summed E-state index contributed by atoms with van der Waals surface area (Å²) in [4.78, 5) is 26.4. The smallest absolute Gasteiger partial charge is 0.326 e. The van der Waals surface area contributed by atoms with Crippen LogP contribution in [-0.2, 0) is 9.53 Å². The van der Waals surface area contributed by atoms with Crippen molar-refractivity contribution >= 4 is 17.3 Å². The molecule has 0 aliphatic carbocycles. The maximum Gasteiger partial charge on any atom is 0.326 e. The Morgan fingerprint density at radius 1 is 1.37 bits per heavy atom. The van der Waals surface area contributed by atoms with Crippen molar-refractivity contribution in [2.45, 2.75) is 64.0 Å². The first-order valence-electron chi connectivity index (χ1n) is 9.66. The summed E-state index contributed by atoms with van der Waals surface area (Å²) in [5.74, 6) is 0.230. The summed E-state index contributed by atoms with van der Waals surface area (Å²) in [6.45, 7) is 6.83. The van der Waals surface area contributed by atoms with E-state index in [1.807, 2.05) is 5.38 Å². The number of esters is 1. The number of nitrogens with zero attached hydrogens (tertiary/aromatic N) is 3. The van der Waals surface area contributed by atoms with Crippen molar-refractivity contribution in [2.75, 3.05) is 6.61 Å². The molecule has 0 spiro atoms. The van der Waals surface area contributed by atoms with Crippen LogP contribution in [0.4, 0.5) is 0 Å². The first-order chi connectivity index (χ1) is 13.1. The molecular formula is C20H28N4O2S. The number of ether oxygens (including phenoxy) is 1. The molecule has 6 nitrogen and oxygen atoms in total. The fourth-order valence-electron chi connectivity index (χ4n) is 3.86. The number of hydrogen-bond donors (Lipinski definition) is 1. The Balaban J connectivity index is 1.93. The molecule has 7 heteroatoms. The highest BCUT2D eigenvalue weighted by Crippen LogP contribution is 2.46. The second-order valence-electron chi connectivity index (χ2n) is 7.60. The first-order valence-corrected chi connectivity index (χ1v) is 10.5. The van der Waals surface area contributed by atoms with Crippen LogP contribution in [0.3, 0.4) is 0 Å². The predicted octanol–water partition coefficient (Wildman–Crippen LogP) is 3.88. The van der Waals surface area contributed by atoms with E-state index in [1.54, 1.807) is 36.1 Å². The molecule has 1 aliphatic heterocycles. The largest absolute Gasteiger partial charge is 0.464 e. The maximum atomic E-state index is 13.1. The van der Waals surface area contributed by atoms with Crippen molar-refractivity contribution in [1.29, 1.82) is 0 Å². The molecule has 0 aromatic carbocycles. The minimum atomic E-state index is -0.722. The summed E-state index contributed by atoms with van der Waals surface area (Å²) in [5.41, 5.74) is 0.164. The van der Waals surface area contributed by atoms with Crippen LogP contribution in [-0.4, -0.2) is 33.1 Å². The zero-order chi connectivity index (χ0) is 19.3. The Kier molecular flexibility index (Phi) is 6.55. The normalized spacial score (nSPS) is 25.0. The summed E-state index contributed by atoms with van der Waals surface area (Å²) in [7, 11) is 0. The van der Waals surface area contributed by atoms with Gasteiger partial charge in [0.25, 0.3) is 0 Å². The third kappa shape index (κ3) is 4.52. The molecule has 1 unspecified atom stereocenters. The maximum absolute atomic E-state index is 13.1. The lowest BCUT2D eigenvalue weighted by Crippen LogP contribution is -2.50. The molecule has 3 atom stereocenters. The molecule has 146 valence electrons. The zero-order valence-corrected chi connectivity index (χ0v) is 17.0. The van der Waals surface area contributed by atoms with Gasteiger partial charge in [0.1, 0.15) is 10.5 Å². The van der Waals surface area contributed by atoms with Crippen LogP contribution in [0.5, 0.6) is 0 Å². The second kappa shape index (κ2) is 8.89. The quantitative estimate of drug-likeness (QED) is 0.546. The topological polar surface area (TPSA) is 77.0 Å². The molecule has 1 N–H and O–H groups in total. The van der Waals surface area contributed by atoms with Crippen LogP contribution < -0.4 is 5.32 Å². The number of unbranched alkanes of at least 4 members (excludes halogenated alkanes) is 1. The van der Waals surface area contributed by atoms with Crippen LogP contribution >= 0.6 is 11.3 Å². The van der Waals surface area contributed by atoms with Gasteiger partial charge in [-0.1, -0.05) is 27.2 Å². The molecule has 0 bridgehead atoms. The highest BCUT2D eigenvalue weighted by molar-refractivity contribution is 7.09. The van der Waals surface area contributed by atoms with Crippen molar-refractivity contribution in [2.24, 2.45) is 5.92 Å². The predicted molar refractivity (Wildman–Crippen MR) is 105 cm³/mol. The van der Waals surface area contributed by atoms with Gasteiger partial charge >= 0.3 is 5.97 Å². The summed E-state index contributed by atoms with van der Waals surface area (Å²) in [6, 6.07) is -0.0702. The van der Waals surface area contributed by atoms with E-state index >= 15 is 0 Å². The molecule has 1 saturated heterocycles. The fourth-order valence-corrected chi connectivity index (χ4v) is 4.61. The lowest BCUT2D eigenvalue weighted by Gasteiger charge is -2.29. The van der Waals surface area contributed by atoms with Gasteiger partial charge in [-0.15, -0.1) is 11.3 Å². The number of carbonyl (C=O) groups excluding carboxylic acids is 1. The van der Waals surface area contributed by atoms with Gasteiger partial charge in [-0.25, -0.2) is 4.98 Å². The van der Waals surface area contributed by atoms with Gasteiger partial charge in [-0.05, 0) is 25.2 Å². The number of nitrogens with one attached hydrogen (secondary N) is 1. The average molecular weight is 389 g/mol. The Labute approximate surface area is 164 Å². The number of thiazole rings is 1. The van der Waals surface area contributed by atoms with Crippen LogP contribution in [0.15, 0.2) is 30.2 Å². The molecule has 2 aromatic rings. The Hall–Kier alpha value is -1.86. The van der Waals surface area contributed by atoms with E-state index in [1.165, 1.54) is 0 Å². The molecule has 3 heterocycles. The van der Waals surface area contributed by atoms with Gasteiger partial charge in [0.05, 0.1) is 18.3 Å². The van der Waals surface area contributed by atoms with Crippen molar-refractivity contribution in [3.63, 3.8) is 0 Å². The van der Waals surface area contributed by atoms with Crippen molar-refractivity contribution in [3.05, 3.63) is 40.9 Å². The molecule has 27 heavy (non-hydrogen) atoms. The van der Waals surface area contributed by atoms with E-state index < -0.39 is 5.54 Å². The highest BCUT2D eigenvalue weighted by Gasteiger charge is 2.53. The van der Waals surface area contributed by atoms with Crippen LogP contribution in [0.2, 0.25) is 0 Å². The molecule has 2 aromatic heterocycles. The van der Waals surface area contributed by atoms with Gasteiger partial charge < -0.3 is 4.74 Å². The molecule has 0 amide bonds. The van der Waals surface area contributed by atoms with E-state index in [0.717, 1.165) is 30.0 Å².